The third-order valence-electron chi connectivity index (χ3n) is 4.41. The Morgan fingerprint density at radius 1 is 1.37 bits per heavy atom. The summed E-state index contributed by atoms with van der Waals surface area (Å²) in [6.07, 6.45) is 2.70. The summed E-state index contributed by atoms with van der Waals surface area (Å²) in [6, 6.07) is 10.5. The summed E-state index contributed by atoms with van der Waals surface area (Å²) in [6.45, 7) is 3.22. The molecule has 2 atom stereocenters. The Kier molecular flexibility index (Phi) is 4.25. The van der Waals surface area contributed by atoms with E-state index in [0.717, 1.165) is 31.4 Å². The second kappa shape index (κ2) is 5.74. The van der Waals surface area contributed by atoms with Gasteiger partial charge in [0.25, 0.3) is 0 Å². The van der Waals surface area contributed by atoms with Crippen LogP contribution in [0.2, 0.25) is 0 Å². The zero-order chi connectivity index (χ0) is 13.9. The fourth-order valence-corrected chi connectivity index (χ4v) is 3.13. The van der Waals surface area contributed by atoms with Gasteiger partial charge in [-0.15, -0.1) is 0 Å². The predicted octanol–water partition coefficient (Wildman–Crippen LogP) is 2.60. The lowest BCUT2D eigenvalue weighted by molar-refractivity contribution is -0.148. The van der Waals surface area contributed by atoms with E-state index in [1.54, 1.807) is 0 Å². The Labute approximate surface area is 115 Å². The molecule has 1 heterocycles. The quantitative estimate of drug-likeness (QED) is 0.766. The summed E-state index contributed by atoms with van der Waals surface area (Å²) in [4.78, 5) is 14.8. The molecule has 1 aliphatic heterocycles. The van der Waals surface area contributed by atoms with Crippen molar-refractivity contribution in [2.24, 2.45) is 0 Å². The molecule has 0 radical (unpaired) electrons. The largest absolute Gasteiger partial charge is 0.468 e. The summed E-state index contributed by atoms with van der Waals surface area (Å²) in [7, 11) is 3.62. The van der Waals surface area contributed by atoms with E-state index in [0.29, 0.717) is 6.04 Å². The van der Waals surface area contributed by atoms with E-state index in [9.17, 15) is 4.79 Å². The predicted molar refractivity (Wildman–Crippen MR) is 76.1 cm³/mol. The summed E-state index contributed by atoms with van der Waals surface area (Å²) < 4.78 is 5.13. The molecular formula is C16H23NO2. The molecule has 1 fully saturated rings. The lowest BCUT2D eigenvalue weighted by atomic mass is 9.73. The Morgan fingerprint density at radius 2 is 2.05 bits per heavy atom. The van der Waals surface area contributed by atoms with Crippen molar-refractivity contribution in [2.75, 3.05) is 20.7 Å². The van der Waals surface area contributed by atoms with Crippen molar-refractivity contribution in [1.82, 2.24) is 4.90 Å². The Bertz CT molecular complexity index is 432. The molecular weight excluding hydrogens is 238 g/mol. The molecule has 3 heteroatoms. The van der Waals surface area contributed by atoms with E-state index in [-0.39, 0.29) is 5.97 Å². The molecule has 0 spiro atoms. The van der Waals surface area contributed by atoms with Crippen molar-refractivity contribution in [3.8, 4) is 0 Å². The molecule has 0 saturated carbocycles. The van der Waals surface area contributed by atoms with Crippen LogP contribution in [-0.4, -0.2) is 37.6 Å². The molecule has 0 aliphatic carbocycles. The van der Waals surface area contributed by atoms with Crippen LogP contribution >= 0.6 is 0 Å². The van der Waals surface area contributed by atoms with E-state index >= 15 is 0 Å². The van der Waals surface area contributed by atoms with Gasteiger partial charge in [-0.3, -0.25) is 4.79 Å². The van der Waals surface area contributed by atoms with Gasteiger partial charge in [0.2, 0.25) is 0 Å². The standard InChI is InChI=1S/C16H23NO2/c1-13-12-16(15(18)19-3,10-7-11-17(13)2)14-8-5-4-6-9-14/h4-6,8-9,13H,7,10-12H2,1-3H3. The molecule has 2 unspecified atom stereocenters. The Hall–Kier alpha value is -1.35. The van der Waals surface area contributed by atoms with Gasteiger partial charge in [-0.25, -0.2) is 0 Å². The van der Waals surface area contributed by atoms with Crippen LogP contribution in [0.4, 0.5) is 0 Å². The minimum Gasteiger partial charge on any atom is -0.468 e. The zero-order valence-corrected chi connectivity index (χ0v) is 12.1. The maximum Gasteiger partial charge on any atom is 0.316 e. The van der Waals surface area contributed by atoms with Crippen LogP contribution in [0.15, 0.2) is 30.3 Å². The first kappa shape index (κ1) is 14.1. The van der Waals surface area contributed by atoms with Crippen molar-refractivity contribution in [1.29, 1.82) is 0 Å². The maximum absolute atomic E-state index is 12.5. The first-order valence-electron chi connectivity index (χ1n) is 6.94. The third-order valence-corrected chi connectivity index (χ3v) is 4.41. The van der Waals surface area contributed by atoms with Crippen molar-refractivity contribution >= 4 is 5.97 Å². The van der Waals surface area contributed by atoms with E-state index in [4.69, 9.17) is 4.74 Å². The van der Waals surface area contributed by atoms with Crippen molar-refractivity contribution in [3.63, 3.8) is 0 Å². The number of carbonyl (C=O) groups excluding carboxylic acids is 1. The molecule has 104 valence electrons. The number of benzene rings is 1. The molecule has 0 amide bonds. The zero-order valence-electron chi connectivity index (χ0n) is 12.1. The molecule has 0 N–H and O–H groups in total. The minimum absolute atomic E-state index is 0.0964. The Balaban J connectivity index is 2.43. The van der Waals surface area contributed by atoms with Crippen LogP contribution in [0.25, 0.3) is 0 Å². The monoisotopic (exact) mass is 261 g/mol. The highest BCUT2D eigenvalue weighted by Crippen LogP contribution is 2.38. The number of hydrogen-bond acceptors (Lipinski definition) is 3. The van der Waals surface area contributed by atoms with Crippen LogP contribution in [-0.2, 0) is 14.9 Å². The SMILES string of the molecule is COC(=O)C1(c2ccccc2)CCCN(C)C(C)C1. The van der Waals surface area contributed by atoms with Gasteiger partial charge in [0, 0.05) is 6.04 Å². The summed E-state index contributed by atoms with van der Waals surface area (Å²) in [5, 5.41) is 0. The minimum atomic E-state index is -0.486. The van der Waals surface area contributed by atoms with Crippen LogP contribution in [0.5, 0.6) is 0 Å². The number of likely N-dealkylation sites (tertiary alicyclic amines) is 1. The fourth-order valence-electron chi connectivity index (χ4n) is 3.13. The number of methoxy groups -OCH3 is 1. The van der Waals surface area contributed by atoms with Crippen molar-refractivity contribution < 1.29 is 9.53 Å². The summed E-state index contributed by atoms with van der Waals surface area (Å²) in [5.41, 5.74) is 0.601. The molecule has 0 aromatic heterocycles. The average Bonchev–Trinajstić information content (AvgIpc) is 2.60. The molecule has 2 rings (SSSR count). The number of esters is 1. The molecule has 1 aliphatic rings. The highest BCUT2D eigenvalue weighted by Gasteiger charge is 2.44. The molecule has 19 heavy (non-hydrogen) atoms. The maximum atomic E-state index is 12.5. The van der Waals surface area contributed by atoms with Gasteiger partial charge in [0.05, 0.1) is 12.5 Å². The fraction of sp³-hybridized carbons (Fsp3) is 0.562. The van der Waals surface area contributed by atoms with Crippen LogP contribution in [0.1, 0.15) is 31.7 Å². The molecule has 1 aromatic rings. The molecule has 0 bridgehead atoms. The van der Waals surface area contributed by atoms with Gasteiger partial charge < -0.3 is 9.64 Å². The topological polar surface area (TPSA) is 29.5 Å². The highest BCUT2D eigenvalue weighted by atomic mass is 16.5. The highest BCUT2D eigenvalue weighted by molar-refractivity contribution is 5.83. The third kappa shape index (κ3) is 2.66. The number of nitrogens with zero attached hydrogens (tertiary/aromatic N) is 1. The molecule has 3 nitrogen and oxygen atoms in total. The van der Waals surface area contributed by atoms with Gasteiger partial charge in [-0.05, 0) is 45.3 Å². The van der Waals surface area contributed by atoms with Gasteiger partial charge in [0.1, 0.15) is 0 Å². The Morgan fingerprint density at radius 3 is 2.68 bits per heavy atom. The van der Waals surface area contributed by atoms with Gasteiger partial charge in [-0.1, -0.05) is 30.3 Å². The van der Waals surface area contributed by atoms with E-state index < -0.39 is 5.41 Å². The van der Waals surface area contributed by atoms with Gasteiger partial charge in [-0.2, -0.15) is 0 Å². The lowest BCUT2D eigenvalue weighted by Crippen LogP contribution is -2.40. The van der Waals surface area contributed by atoms with Crippen LogP contribution < -0.4 is 0 Å². The summed E-state index contributed by atoms with van der Waals surface area (Å²) >= 11 is 0. The second-order valence-corrected chi connectivity index (χ2v) is 5.58. The van der Waals surface area contributed by atoms with Crippen LogP contribution in [0.3, 0.4) is 0 Å². The van der Waals surface area contributed by atoms with Crippen molar-refractivity contribution in [2.45, 2.75) is 37.6 Å². The van der Waals surface area contributed by atoms with Crippen LogP contribution in [0, 0.1) is 0 Å². The second-order valence-electron chi connectivity index (χ2n) is 5.58. The number of rotatable bonds is 2. The van der Waals surface area contributed by atoms with Crippen molar-refractivity contribution in [3.05, 3.63) is 35.9 Å². The van der Waals surface area contributed by atoms with E-state index in [2.05, 4.69) is 31.0 Å². The lowest BCUT2D eigenvalue weighted by Gasteiger charge is -2.33. The van der Waals surface area contributed by atoms with Gasteiger partial charge in [0.15, 0.2) is 0 Å². The van der Waals surface area contributed by atoms with E-state index in [1.165, 1.54) is 7.11 Å². The summed E-state index contributed by atoms with van der Waals surface area (Å²) in [5.74, 6) is -0.0964. The first-order chi connectivity index (χ1) is 9.10. The number of hydrogen-bond donors (Lipinski definition) is 0. The normalized spacial score (nSPS) is 28.7. The first-order valence-corrected chi connectivity index (χ1v) is 6.94. The number of ether oxygens (including phenoxy) is 1. The average molecular weight is 261 g/mol. The molecule has 1 aromatic carbocycles. The van der Waals surface area contributed by atoms with E-state index in [1.807, 2.05) is 18.2 Å². The number of carbonyl (C=O) groups is 1. The van der Waals surface area contributed by atoms with Gasteiger partial charge >= 0.3 is 5.97 Å². The molecule has 1 saturated heterocycles. The smallest absolute Gasteiger partial charge is 0.316 e.